The summed E-state index contributed by atoms with van der Waals surface area (Å²) in [6, 6.07) is 9.37. The number of halogens is 1. The highest BCUT2D eigenvalue weighted by Crippen LogP contribution is 2.19. The monoisotopic (exact) mass is 362 g/mol. The van der Waals surface area contributed by atoms with Gasteiger partial charge in [0.15, 0.2) is 0 Å². The van der Waals surface area contributed by atoms with Gasteiger partial charge in [-0.05, 0) is 30.5 Å². The van der Waals surface area contributed by atoms with Crippen LogP contribution in [-0.4, -0.2) is 22.4 Å². The lowest BCUT2D eigenvalue weighted by atomic mass is 10.1. The summed E-state index contributed by atoms with van der Waals surface area (Å²) in [7, 11) is 0. The Bertz CT molecular complexity index is 646. The Kier molecular flexibility index (Phi) is 5.89. The third kappa shape index (κ3) is 5.11. The molecule has 2 N–H and O–H groups in total. The average Bonchev–Trinajstić information content (AvgIpc) is 2.47. The molecule has 116 valence electrons. The molecule has 0 atom stereocenters. The standard InChI is InChI=1S/C16H19BrN4O/c1-11(2)6-7-18-16(22)14-9-15(20-10-19-14)21-13-5-3-4-12(17)8-13/h3-5,8-11H,6-7H2,1-2H3,(H,18,22)(H,19,20,21). The summed E-state index contributed by atoms with van der Waals surface area (Å²) in [6.07, 6.45) is 2.33. The highest BCUT2D eigenvalue weighted by Gasteiger charge is 2.08. The van der Waals surface area contributed by atoms with E-state index in [4.69, 9.17) is 0 Å². The summed E-state index contributed by atoms with van der Waals surface area (Å²) in [4.78, 5) is 20.2. The van der Waals surface area contributed by atoms with Gasteiger partial charge in [-0.3, -0.25) is 4.79 Å². The molecule has 2 aromatic rings. The summed E-state index contributed by atoms with van der Waals surface area (Å²) in [5, 5.41) is 6.02. The first kappa shape index (κ1) is 16.4. The zero-order chi connectivity index (χ0) is 15.9. The predicted octanol–water partition coefficient (Wildman–Crippen LogP) is 3.76. The average molecular weight is 363 g/mol. The van der Waals surface area contributed by atoms with E-state index < -0.39 is 0 Å². The second-order valence-electron chi connectivity index (χ2n) is 5.36. The van der Waals surface area contributed by atoms with Crippen LogP contribution < -0.4 is 10.6 Å². The van der Waals surface area contributed by atoms with Gasteiger partial charge in [0.2, 0.25) is 0 Å². The second-order valence-corrected chi connectivity index (χ2v) is 6.28. The fourth-order valence-corrected chi connectivity index (χ4v) is 2.23. The molecule has 0 radical (unpaired) electrons. The number of nitrogens with one attached hydrogen (secondary N) is 2. The highest BCUT2D eigenvalue weighted by atomic mass is 79.9. The summed E-state index contributed by atoms with van der Waals surface area (Å²) in [5.41, 5.74) is 1.25. The quantitative estimate of drug-likeness (QED) is 0.820. The first-order valence-electron chi connectivity index (χ1n) is 7.17. The van der Waals surface area contributed by atoms with Crippen LogP contribution >= 0.6 is 15.9 Å². The Hall–Kier alpha value is -1.95. The van der Waals surface area contributed by atoms with Crippen LogP contribution in [-0.2, 0) is 0 Å². The highest BCUT2D eigenvalue weighted by molar-refractivity contribution is 9.10. The van der Waals surface area contributed by atoms with Crippen molar-refractivity contribution in [2.24, 2.45) is 5.92 Å². The molecule has 0 aliphatic rings. The molecule has 0 bridgehead atoms. The first-order chi connectivity index (χ1) is 10.5. The smallest absolute Gasteiger partial charge is 0.270 e. The molecular weight excluding hydrogens is 344 g/mol. The molecule has 0 saturated carbocycles. The minimum atomic E-state index is -0.180. The molecule has 0 saturated heterocycles. The number of nitrogens with zero attached hydrogens (tertiary/aromatic N) is 2. The van der Waals surface area contributed by atoms with E-state index in [1.54, 1.807) is 6.07 Å². The molecular formula is C16H19BrN4O. The molecule has 6 heteroatoms. The SMILES string of the molecule is CC(C)CCNC(=O)c1cc(Nc2cccc(Br)c2)ncn1. The molecule has 1 aromatic heterocycles. The second kappa shape index (κ2) is 7.89. The van der Waals surface area contributed by atoms with Gasteiger partial charge in [0.25, 0.3) is 5.91 Å². The lowest BCUT2D eigenvalue weighted by Crippen LogP contribution is -2.26. The Balaban J connectivity index is 2.01. The van der Waals surface area contributed by atoms with Crippen LogP contribution in [0, 0.1) is 5.92 Å². The van der Waals surface area contributed by atoms with Crippen LogP contribution in [0.1, 0.15) is 30.8 Å². The third-order valence-electron chi connectivity index (χ3n) is 3.00. The minimum Gasteiger partial charge on any atom is -0.351 e. The van der Waals surface area contributed by atoms with Crippen molar-refractivity contribution in [2.75, 3.05) is 11.9 Å². The van der Waals surface area contributed by atoms with Gasteiger partial charge in [0.1, 0.15) is 17.8 Å². The largest absolute Gasteiger partial charge is 0.351 e. The summed E-state index contributed by atoms with van der Waals surface area (Å²) >= 11 is 3.42. The van der Waals surface area contributed by atoms with E-state index in [1.165, 1.54) is 6.33 Å². The normalized spacial score (nSPS) is 10.5. The molecule has 1 heterocycles. The summed E-state index contributed by atoms with van der Waals surface area (Å²) in [5.74, 6) is 0.960. The van der Waals surface area contributed by atoms with E-state index in [-0.39, 0.29) is 5.91 Å². The van der Waals surface area contributed by atoms with Gasteiger partial charge < -0.3 is 10.6 Å². The number of aromatic nitrogens is 2. The number of carbonyl (C=O) groups excluding carboxylic acids is 1. The van der Waals surface area contributed by atoms with Crippen LogP contribution in [0.4, 0.5) is 11.5 Å². The molecule has 0 fully saturated rings. The zero-order valence-electron chi connectivity index (χ0n) is 12.6. The summed E-state index contributed by atoms with van der Waals surface area (Å²) < 4.78 is 0.971. The minimum absolute atomic E-state index is 0.180. The topological polar surface area (TPSA) is 66.9 Å². The van der Waals surface area contributed by atoms with Crippen LogP contribution in [0.5, 0.6) is 0 Å². The lowest BCUT2D eigenvalue weighted by Gasteiger charge is -2.09. The van der Waals surface area contributed by atoms with Crippen molar-refractivity contribution in [3.8, 4) is 0 Å². The van der Waals surface area contributed by atoms with Crippen molar-refractivity contribution in [3.05, 3.63) is 46.8 Å². The maximum Gasteiger partial charge on any atom is 0.270 e. The van der Waals surface area contributed by atoms with Crippen molar-refractivity contribution in [1.82, 2.24) is 15.3 Å². The zero-order valence-corrected chi connectivity index (χ0v) is 14.2. The van der Waals surface area contributed by atoms with Gasteiger partial charge in [-0.2, -0.15) is 0 Å². The number of rotatable bonds is 6. The van der Waals surface area contributed by atoms with Crippen LogP contribution in [0.25, 0.3) is 0 Å². The van der Waals surface area contributed by atoms with Gasteiger partial charge in [0, 0.05) is 22.8 Å². The van der Waals surface area contributed by atoms with Crippen molar-refractivity contribution < 1.29 is 4.79 Å². The number of anilines is 2. The van der Waals surface area contributed by atoms with E-state index in [0.717, 1.165) is 16.6 Å². The van der Waals surface area contributed by atoms with Crippen LogP contribution in [0.2, 0.25) is 0 Å². The molecule has 1 aromatic carbocycles. The van der Waals surface area contributed by atoms with Crippen molar-refractivity contribution in [3.63, 3.8) is 0 Å². The van der Waals surface area contributed by atoms with E-state index in [9.17, 15) is 4.79 Å². The van der Waals surface area contributed by atoms with Gasteiger partial charge >= 0.3 is 0 Å². The molecule has 1 amide bonds. The lowest BCUT2D eigenvalue weighted by molar-refractivity contribution is 0.0947. The number of hydrogen-bond donors (Lipinski definition) is 2. The summed E-state index contributed by atoms with van der Waals surface area (Å²) in [6.45, 7) is 4.89. The maximum absolute atomic E-state index is 12.0. The molecule has 0 unspecified atom stereocenters. The predicted molar refractivity (Wildman–Crippen MR) is 91.2 cm³/mol. The van der Waals surface area contributed by atoms with E-state index in [0.29, 0.717) is 24.0 Å². The van der Waals surface area contributed by atoms with E-state index in [2.05, 4.69) is 50.4 Å². The third-order valence-corrected chi connectivity index (χ3v) is 3.50. The van der Waals surface area contributed by atoms with Gasteiger partial charge in [-0.1, -0.05) is 35.8 Å². The van der Waals surface area contributed by atoms with Gasteiger partial charge in [-0.25, -0.2) is 9.97 Å². The number of amides is 1. The van der Waals surface area contributed by atoms with E-state index >= 15 is 0 Å². The molecule has 0 aliphatic heterocycles. The Morgan fingerprint density at radius 3 is 2.82 bits per heavy atom. The number of carbonyl (C=O) groups is 1. The number of hydrogen-bond acceptors (Lipinski definition) is 4. The van der Waals surface area contributed by atoms with Crippen LogP contribution in [0.15, 0.2) is 41.1 Å². The van der Waals surface area contributed by atoms with Gasteiger partial charge in [-0.15, -0.1) is 0 Å². The van der Waals surface area contributed by atoms with Crippen molar-refractivity contribution in [2.45, 2.75) is 20.3 Å². The maximum atomic E-state index is 12.0. The number of benzene rings is 1. The Morgan fingerprint density at radius 2 is 2.09 bits per heavy atom. The Labute approximate surface area is 138 Å². The fraction of sp³-hybridized carbons (Fsp3) is 0.312. The Morgan fingerprint density at radius 1 is 1.27 bits per heavy atom. The molecule has 5 nitrogen and oxygen atoms in total. The first-order valence-corrected chi connectivity index (χ1v) is 7.96. The molecule has 0 aliphatic carbocycles. The molecule has 22 heavy (non-hydrogen) atoms. The van der Waals surface area contributed by atoms with Crippen molar-refractivity contribution in [1.29, 1.82) is 0 Å². The van der Waals surface area contributed by atoms with Crippen molar-refractivity contribution >= 4 is 33.3 Å². The van der Waals surface area contributed by atoms with Crippen LogP contribution in [0.3, 0.4) is 0 Å². The fourth-order valence-electron chi connectivity index (χ4n) is 1.83. The molecule has 0 spiro atoms. The van der Waals surface area contributed by atoms with Gasteiger partial charge in [0.05, 0.1) is 0 Å². The van der Waals surface area contributed by atoms with E-state index in [1.807, 2.05) is 24.3 Å². The molecule has 2 rings (SSSR count).